The molecule has 1 saturated carbocycles. The van der Waals surface area contributed by atoms with Gasteiger partial charge in [-0.15, -0.1) is 0 Å². The van der Waals surface area contributed by atoms with Crippen LogP contribution in [0.1, 0.15) is 79.6 Å². The normalized spacial score (nSPS) is 15.0. The number of carbonyl (C=O) groups is 2. The maximum absolute atomic E-state index is 14.0. The number of nitrogens with zero attached hydrogens (tertiary/aromatic N) is 3. The Morgan fingerprint density at radius 2 is 1.68 bits per heavy atom. The number of hydrogen-bond acceptors (Lipinski definition) is 2. The van der Waals surface area contributed by atoms with E-state index in [2.05, 4.69) is 4.57 Å². The maximum Gasteiger partial charge on any atom is 0.416 e. The molecule has 220 valence electrons. The highest BCUT2D eigenvalue weighted by atomic mass is 35.5. The third kappa shape index (κ3) is 7.73. The molecule has 4 rings (SSSR count). The van der Waals surface area contributed by atoms with Gasteiger partial charge in [0.1, 0.15) is 6.54 Å². The van der Waals surface area contributed by atoms with Gasteiger partial charge < -0.3 is 14.4 Å². The summed E-state index contributed by atoms with van der Waals surface area (Å²) < 4.78 is 41.3. The molecule has 0 unspecified atom stereocenters. The van der Waals surface area contributed by atoms with Crippen molar-refractivity contribution in [3.05, 3.63) is 94.3 Å². The van der Waals surface area contributed by atoms with E-state index in [4.69, 9.17) is 11.6 Å². The van der Waals surface area contributed by atoms with E-state index in [1.807, 2.05) is 61.3 Å². The van der Waals surface area contributed by atoms with Gasteiger partial charge in [0, 0.05) is 41.1 Å². The lowest BCUT2D eigenvalue weighted by Crippen LogP contribution is -2.49. The van der Waals surface area contributed by atoms with Crippen molar-refractivity contribution in [2.45, 2.75) is 83.7 Å². The van der Waals surface area contributed by atoms with E-state index in [9.17, 15) is 22.8 Å². The predicted octanol–water partition coefficient (Wildman–Crippen LogP) is 7.81. The smallest absolute Gasteiger partial charge is 0.345 e. The maximum atomic E-state index is 14.0. The summed E-state index contributed by atoms with van der Waals surface area (Å²) >= 11 is 6.41. The van der Waals surface area contributed by atoms with Crippen LogP contribution >= 0.6 is 11.6 Å². The van der Waals surface area contributed by atoms with Gasteiger partial charge in [0.2, 0.25) is 5.91 Å². The van der Waals surface area contributed by atoms with Crippen LogP contribution < -0.4 is 0 Å². The first-order chi connectivity index (χ1) is 19.6. The summed E-state index contributed by atoms with van der Waals surface area (Å²) in [7, 11) is 0. The monoisotopic (exact) mass is 587 g/mol. The lowest BCUT2D eigenvalue weighted by molar-refractivity contribution is -0.137. The van der Waals surface area contributed by atoms with Gasteiger partial charge in [-0.3, -0.25) is 9.59 Å². The first-order valence-electron chi connectivity index (χ1n) is 14.2. The topological polar surface area (TPSA) is 45.6 Å². The number of halogens is 4. The van der Waals surface area contributed by atoms with E-state index in [1.165, 1.54) is 17.0 Å². The Hall–Kier alpha value is -3.26. The minimum absolute atomic E-state index is 0.0554. The van der Waals surface area contributed by atoms with Gasteiger partial charge in [-0.25, -0.2) is 0 Å². The van der Waals surface area contributed by atoms with Crippen LogP contribution in [0.15, 0.2) is 66.9 Å². The number of rotatable bonds is 10. The molecule has 1 heterocycles. The quantitative estimate of drug-likeness (QED) is 0.243. The lowest BCUT2D eigenvalue weighted by atomic mass is 9.94. The average molecular weight is 588 g/mol. The van der Waals surface area contributed by atoms with Crippen molar-refractivity contribution in [1.82, 2.24) is 14.4 Å². The molecule has 0 N–H and O–H groups in total. The van der Waals surface area contributed by atoms with Crippen LogP contribution in [-0.2, 0) is 24.1 Å². The van der Waals surface area contributed by atoms with Gasteiger partial charge in [-0.2, -0.15) is 13.2 Å². The summed E-state index contributed by atoms with van der Waals surface area (Å²) in [4.78, 5) is 30.9. The number of benzene rings is 2. The molecule has 0 spiro atoms. The molecule has 41 heavy (non-hydrogen) atoms. The molecule has 1 fully saturated rings. The van der Waals surface area contributed by atoms with Gasteiger partial charge in [0.25, 0.3) is 5.91 Å². The van der Waals surface area contributed by atoms with Crippen LogP contribution in [0.3, 0.4) is 0 Å². The molecule has 2 amide bonds. The van der Waals surface area contributed by atoms with Gasteiger partial charge in [0.05, 0.1) is 12.1 Å². The van der Waals surface area contributed by atoms with Crippen LogP contribution in [0.5, 0.6) is 0 Å². The molecule has 0 radical (unpaired) electrons. The minimum Gasteiger partial charge on any atom is -0.345 e. The molecule has 1 aliphatic rings. The van der Waals surface area contributed by atoms with E-state index in [0.717, 1.165) is 55.5 Å². The Balaban J connectivity index is 1.57. The lowest BCUT2D eigenvalue weighted by Gasteiger charge is -2.37. The Morgan fingerprint density at radius 1 is 1.00 bits per heavy atom. The molecule has 2 aromatic carbocycles. The summed E-state index contributed by atoms with van der Waals surface area (Å²) in [6.45, 7) is 4.60. The van der Waals surface area contributed by atoms with Crippen molar-refractivity contribution in [2.24, 2.45) is 0 Å². The largest absolute Gasteiger partial charge is 0.416 e. The third-order valence-electron chi connectivity index (χ3n) is 8.04. The second-order valence-corrected chi connectivity index (χ2v) is 11.2. The van der Waals surface area contributed by atoms with Crippen molar-refractivity contribution in [3.8, 4) is 0 Å². The van der Waals surface area contributed by atoms with E-state index in [0.29, 0.717) is 24.5 Å². The van der Waals surface area contributed by atoms with Crippen LogP contribution in [0.2, 0.25) is 5.02 Å². The van der Waals surface area contributed by atoms with Crippen LogP contribution in [0.25, 0.3) is 0 Å². The third-order valence-corrected chi connectivity index (χ3v) is 8.41. The molecular formula is C32H37ClF3N3O2. The van der Waals surface area contributed by atoms with Crippen molar-refractivity contribution in [3.63, 3.8) is 0 Å². The summed E-state index contributed by atoms with van der Waals surface area (Å²) in [6, 6.07) is 15.6. The molecule has 1 aromatic heterocycles. The number of hydrogen-bond donors (Lipinski definition) is 0. The molecule has 9 heteroatoms. The van der Waals surface area contributed by atoms with Gasteiger partial charge in [-0.1, -0.05) is 56.0 Å². The summed E-state index contributed by atoms with van der Waals surface area (Å²) in [5.74, 6) is -0.616. The Morgan fingerprint density at radius 3 is 2.32 bits per heavy atom. The molecule has 1 aliphatic carbocycles. The number of alkyl halides is 3. The van der Waals surface area contributed by atoms with Crippen molar-refractivity contribution in [2.75, 3.05) is 6.54 Å². The summed E-state index contributed by atoms with van der Waals surface area (Å²) in [5.41, 5.74) is 1.26. The van der Waals surface area contributed by atoms with Crippen molar-refractivity contribution >= 4 is 23.4 Å². The van der Waals surface area contributed by atoms with E-state index < -0.39 is 17.6 Å². The zero-order valence-electron chi connectivity index (χ0n) is 23.5. The second kappa shape index (κ2) is 13.6. The molecular weight excluding hydrogens is 551 g/mol. The fourth-order valence-electron chi connectivity index (χ4n) is 5.40. The summed E-state index contributed by atoms with van der Waals surface area (Å²) in [5, 5.41) is 0.679. The Labute approximate surface area is 244 Å². The SMILES string of the molecule is CC[C@H](C)N(CC(=O)N(Cc1cccn1Cc1ccccc1Cl)C1CCCCC1)C(=O)c1ccc(C(F)(F)F)cc1. The molecule has 0 bridgehead atoms. The van der Waals surface area contributed by atoms with E-state index in [-0.39, 0.29) is 30.1 Å². The van der Waals surface area contributed by atoms with Crippen LogP contribution in [-0.4, -0.2) is 44.8 Å². The van der Waals surface area contributed by atoms with Crippen molar-refractivity contribution in [1.29, 1.82) is 0 Å². The molecule has 3 aromatic rings. The molecule has 1 atom stereocenters. The Bertz CT molecular complexity index is 1320. The fourth-order valence-corrected chi connectivity index (χ4v) is 5.59. The standard InChI is InChI=1S/C32H37ClF3N3O2/c1-3-23(2)38(31(41)24-15-17-26(18-16-24)32(34,35)36)22-30(40)39(27-11-5-4-6-12-27)21-28-13-9-19-37(28)20-25-10-7-8-14-29(25)33/h7-10,13-19,23,27H,3-6,11-12,20-22H2,1-2H3/t23-/m0/s1. The highest BCUT2D eigenvalue weighted by Gasteiger charge is 2.32. The van der Waals surface area contributed by atoms with E-state index >= 15 is 0 Å². The highest BCUT2D eigenvalue weighted by Crippen LogP contribution is 2.30. The van der Waals surface area contributed by atoms with E-state index in [1.54, 1.807) is 0 Å². The summed E-state index contributed by atoms with van der Waals surface area (Å²) in [6.07, 6.45) is 3.08. The highest BCUT2D eigenvalue weighted by molar-refractivity contribution is 6.31. The van der Waals surface area contributed by atoms with Crippen molar-refractivity contribution < 1.29 is 22.8 Å². The molecule has 0 saturated heterocycles. The zero-order chi connectivity index (χ0) is 29.6. The average Bonchev–Trinajstić information content (AvgIpc) is 3.41. The fraction of sp³-hybridized carbons (Fsp3) is 0.438. The second-order valence-electron chi connectivity index (χ2n) is 10.8. The first kappa shape index (κ1) is 30.7. The van der Waals surface area contributed by atoms with Gasteiger partial charge >= 0.3 is 6.18 Å². The van der Waals surface area contributed by atoms with Crippen LogP contribution in [0.4, 0.5) is 13.2 Å². The van der Waals surface area contributed by atoms with Gasteiger partial charge in [0.15, 0.2) is 0 Å². The number of aromatic nitrogens is 1. The molecule has 5 nitrogen and oxygen atoms in total. The predicted molar refractivity (Wildman–Crippen MR) is 155 cm³/mol. The minimum atomic E-state index is -4.49. The molecule has 0 aliphatic heterocycles. The Kier molecular flexibility index (Phi) is 10.2. The number of carbonyl (C=O) groups excluding carboxylic acids is 2. The number of amides is 2. The van der Waals surface area contributed by atoms with Crippen LogP contribution in [0, 0.1) is 0 Å². The first-order valence-corrected chi connectivity index (χ1v) is 14.6. The van der Waals surface area contributed by atoms with Gasteiger partial charge in [-0.05, 0) is 74.2 Å². The zero-order valence-corrected chi connectivity index (χ0v) is 24.3.